The molecule has 0 aliphatic carbocycles. The summed E-state index contributed by atoms with van der Waals surface area (Å²) >= 11 is 0. The summed E-state index contributed by atoms with van der Waals surface area (Å²) in [5.41, 5.74) is 6.06. The van der Waals surface area contributed by atoms with E-state index in [-0.39, 0.29) is 0 Å². The predicted octanol–water partition coefficient (Wildman–Crippen LogP) is 2.64. The molecule has 0 saturated heterocycles. The highest BCUT2D eigenvalue weighted by Crippen LogP contribution is 2.11. The molecule has 0 aliphatic rings. The van der Waals surface area contributed by atoms with Crippen LogP contribution in [0.1, 0.15) is 24.8 Å². The van der Waals surface area contributed by atoms with Crippen LogP contribution in [0.4, 0.5) is 8.78 Å². The maximum absolute atomic E-state index is 12.7. The van der Waals surface area contributed by atoms with E-state index in [1.165, 1.54) is 12.1 Å². The van der Waals surface area contributed by atoms with Crippen LogP contribution >= 0.6 is 0 Å². The van der Waals surface area contributed by atoms with Crippen molar-refractivity contribution in [3.63, 3.8) is 0 Å². The Morgan fingerprint density at radius 2 is 1.57 bits per heavy atom. The highest BCUT2D eigenvalue weighted by Gasteiger charge is 1.99. The van der Waals surface area contributed by atoms with E-state index >= 15 is 0 Å². The third kappa shape index (κ3) is 3.83. The van der Waals surface area contributed by atoms with Crippen molar-refractivity contribution in [1.82, 2.24) is 0 Å². The molecule has 0 fully saturated rings. The molecule has 78 valence electrons. The Bertz CT molecular complexity index is 266. The van der Waals surface area contributed by atoms with E-state index in [0.29, 0.717) is 13.0 Å². The van der Waals surface area contributed by atoms with Crippen LogP contribution in [0.5, 0.6) is 0 Å². The lowest BCUT2D eigenvalue weighted by Crippen LogP contribution is -1.98. The zero-order chi connectivity index (χ0) is 10.4. The summed E-state index contributed by atoms with van der Waals surface area (Å²) in [7, 11) is 0. The molecule has 0 radical (unpaired) electrons. The van der Waals surface area contributed by atoms with E-state index in [0.717, 1.165) is 30.9 Å². The first-order valence-corrected chi connectivity index (χ1v) is 4.87. The van der Waals surface area contributed by atoms with Gasteiger partial charge < -0.3 is 5.73 Å². The molecule has 14 heavy (non-hydrogen) atoms. The van der Waals surface area contributed by atoms with E-state index in [2.05, 4.69) is 0 Å². The number of benzene rings is 1. The number of nitrogens with two attached hydrogens (primary N) is 1. The fourth-order valence-electron chi connectivity index (χ4n) is 1.41. The van der Waals surface area contributed by atoms with Crippen LogP contribution < -0.4 is 5.73 Å². The molecule has 0 atom stereocenters. The molecule has 0 heterocycles. The van der Waals surface area contributed by atoms with Gasteiger partial charge in [-0.15, -0.1) is 0 Å². The minimum absolute atomic E-state index is 0.501. The molecule has 0 aromatic heterocycles. The topological polar surface area (TPSA) is 26.0 Å². The summed E-state index contributed by atoms with van der Waals surface area (Å²) in [5, 5.41) is 0. The highest BCUT2D eigenvalue weighted by atomic mass is 19.1. The number of aryl methyl sites for hydroxylation is 1. The van der Waals surface area contributed by atoms with Gasteiger partial charge >= 0.3 is 0 Å². The second kappa shape index (κ2) is 5.70. The van der Waals surface area contributed by atoms with Crippen molar-refractivity contribution in [3.05, 3.63) is 35.4 Å². The number of unbranched alkanes of at least 4 members (excludes halogenated alkanes) is 2. The molecular formula is C11H15F2N. The van der Waals surface area contributed by atoms with Crippen LogP contribution in [0.3, 0.4) is 0 Å². The van der Waals surface area contributed by atoms with Crippen molar-refractivity contribution in [2.75, 3.05) is 6.54 Å². The molecular weight excluding hydrogens is 184 g/mol. The van der Waals surface area contributed by atoms with Gasteiger partial charge in [-0.3, -0.25) is 0 Å². The molecule has 0 saturated carbocycles. The van der Waals surface area contributed by atoms with E-state index in [9.17, 15) is 8.78 Å². The van der Waals surface area contributed by atoms with Gasteiger partial charge in [-0.05, 0) is 43.5 Å². The van der Waals surface area contributed by atoms with Gasteiger partial charge in [-0.1, -0.05) is 6.42 Å². The van der Waals surface area contributed by atoms with Crippen molar-refractivity contribution in [2.45, 2.75) is 25.7 Å². The molecule has 2 N–H and O–H groups in total. The van der Waals surface area contributed by atoms with Crippen molar-refractivity contribution >= 4 is 0 Å². The molecule has 0 bridgehead atoms. The first-order valence-electron chi connectivity index (χ1n) is 4.87. The normalized spacial score (nSPS) is 10.5. The monoisotopic (exact) mass is 199 g/mol. The highest BCUT2D eigenvalue weighted by molar-refractivity contribution is 5.17. The maximum Gasteiger partial charge on any atom is 0.126 e. The largest absolute Gasteiger partial charge is 0.330 e. The van der Waals surface area contributed by atoms with Gasteiger partial charge in [0.25, 0.3) is 0 Å². The molecule has 0 aliphatic heterocycles. The minimum Gasteiger partial charge on any atom is -0.330 e. The Balaban J connectivity index is 2.42. The minimum atomic E-state index is -0.501. The first kappa shape index (κ1) is 11.1. The fraction of sp³-hybridized carbons (Fsp3) is 0.455. The van der Waals surface area contributed by atoms with Gasteiger partial charge in [0, 0.05) is 6.07 Å². The van der Waals surface area contributed by atoms with Gasteiger partial charge in [0.15, 0.2) is 0 Å². The Morgan fingerprint density at radius 3 is 2.14 bits per heavy atom. The maximum atomic E-state index is 12.7. The van der Waals surface area contributed by atoms with Gasteiger partial charge in [-0.2, -0.15) is 0 Å². The summed E-state index contributed by atoms with van der Waals surface area (Å²) in [5.74, 6) is -1.00. The molecule has 1 aromatic rings. The van der Waals surface area contributed by atoms with E-state index in [1.807, 2.05) is 0 Å². The third-order valence-corrected chi connectivity index (χ3v) is 2.09. The molecule has 0 spiro atoms. The lowest BCUT2D eigenvalue weighted by Gasteiger charge is -2.01. The van der Waals surface area contributed by atoms with Crippen molar-refractivity contribution < 1.29 is 8.78 Å². The zero-order valence-electron chi connectivity index (χ0n) is 8.10. The zero-order valence-corrected chi connectivity index (χ0v) is 8.10. The van der Waals surface area contributed by atoms with Crippen LogP contribution in [-0.4, -0.2) is 6.54 Å². The fourth-order valence-corrected chi connectivity index (χ4v) is 1.41. The second-order valence-corrected chi connectivity index (χ2v) is 3.38. The summed E-state index contributed by atoms with van der Waals surface area (Å²) in [6.45, 7) is 0.678. The van der Waals surface area contributed by atoms with Crippen LogP contribution in [0.15, 0.2) is 18.2 Å². The number of hydrogen-bond acceptors (Lipinski definition) is 1. The molecule has 1 rings (SSSR count). The van der Waals surface area contributed by atoms with Gasteiger partial charge in [-0.25, -0.2) is 8.78 Å². The summed E-state index contributed by atoms with van der Waals surface area (Å²) in [6, 6.07) is 3.65. The van der Waals surface area contributed by atoms with Crippen molar-refractivity contribution in [3.8, 4) is 0 Å². The van der Waals surface area contributed by atoms with Gasteiger partial charge in [0.1, 0.15) is 11.6 Å². The molecule has 0 unspecified atom stereocenters. The van der Waals surface area contributed by atoms with Crippen LogP contribution in [0, 0.1) is 11.6 Å². The number of halogens is 2. The van der Waals surface area contributed by atoms with Gasteiger partial charge in [0.05, 0.1) is 0 Å². The standard InChI is InChI=1S/C11H15F2N/c12-10-6-9(7-11(13)8-10)4-2-1-3-5-14/h6-8H,1-5,14H2. The van der Waals surface area contributed by atoms with E-state index in [4.69, 9.17) is 5.73 Å². The lowest BCUT2D eigenvalue weighted by atomic mass is 10.1. The Labute approximate surface area is 82.9 Å². The number of rotatable bonds is 5. The van der Waals surface area contributed by atoms with Gasteiger partial charge in [0.2, 0.25) is 0 Å². The lowest BCUT2D eigenvalue weighted by molar-refractivity contribution is 0.577. The Kier molecular flexibility index (Phi) is 4.53. The molecule has 1 aromatic carbocycles. The molecule has 0 amide bonds. The molecule has 1 nitrogen and oxygen atoms in total. The number of hydrogen-bond donors (Lipinski definition) is 1. The summed E-state index contributed by atoms with van der Waals surface area (Å²) in [4.78, 5) is 0. The van der Waals surface area contributed by atoms with E-state index < -0.39 is 11.6 Å². The van der Waals surface area contributed by atoms with Crippen molar-refractivity contribution in [2.24, 2.45) is 5.73 Å². The second-order valence-electron chi connectivity index (χ2n) is 3.38. The summed E-state index contributed by atoms with van der Waals surface area (Å²) < 4.78 is 25.5. The Morgan fingerprint density at radius 1 is 0.929 bits per heavy atom. The molecule has 3 heteroatoms. The van der Waals surface area contributed by atoms with Crippen LogP contribution in [-0.2, 0) is 6.42 Å². The quantitative estimate of drug-likeness (QED) is 0.725. The summed E-state index contributed by atoms with van der Waals surface area (Å²) in [6.07, 6.45) is 3.63. The Hall–Kier alpha value is -0.960. The smallest absolute Gasteiger partial charge is 0.126 e. The van der Waals surface area contributed by atoms with E-state index in [1.54, 1.807) is 0 Å². The predicted molar refractivity (Wildman–Crippen MR) is 53.0 cm³/mol. The third-order valence-electron chi connectivity index (χ3n) is 2.09. The van der Waals surface area contributed by atoms with Crippen molar-refractivity contribution in [1.29, 1.82) is 0 Å². The SMILES string of the molecule is NCCCCCc1cc(F)cc(F)c1. The first-order chi connectivity index (χ1) is 6.72. The van der Waals surface area contributed by atoms with Crippen LogP contribution in [0.25, 0.3) is 0 Å². The average Bonchev–Trinajstić information content (AvgIpc) is 2.11. The average molecular weight is 199 g/mol. The van der Waals surface area contributed by atoms with Crippen LogP contribution in [0.2, 0.25) is 0 Å².